The van der Waals surface area contributed by atoms with Crippen LogP contribution in [-0.2, 0) is 14.8 Å². The molecule has 0 radical (unpaired) electrons. The molecule has 1 aliphatic rings. The summed E-state index contributed by atoms with van der Waals surface area (Å²) in [7, 11) is -2.26. The maximum atomic E-state index is 13.1. The van der Waals surface area contributed by atoms with E-state index in [1.807, 2.05) is 6.92 Å². The summed E-state index contributed by atoms with van der Waals surface area (Å²) in [5, 5.41) is 2.92. The van der Waals surface area contributed by atoms with Gasteiger partial charge in [0, 0.05) is 19.1 Å². The summed E-state index contributed by atoms with van der Waals surface area (Å²) in [5.74, 6) is -0.0395. The quantitative estimate of drug-likeness (QED) is 0.750. The molecule has 1 amide bonds. The van der Waals surface area contributed by atoms with Gasteiger partial charge in [0.1, 0.15) is 10.6 Å². The van der Waals surface area contributed by atoms with Gasteiger partial charge in [-0.2, -0.15) is 4.31 Å². The maximum Gasteiger partial charge on any atom is 0.247 e. The second kappa shape index (κ2) is 8.67. The van der Waals surface area contributed by atoms with Crippen molar-refractivity contribution in [3.8, 4) is 5.75 Å². The Morgan fingerprint density at radius 1 is 1.32 bits per heavy atom. The number of nitrogens with one attached hydrogen (secondary N) is 1. The number of hydrogen-bond donors (Lipinski definition) is 1. The zero-order chi connectivity index (χ0) is 18.4. The summed E-state index contributed by atoms with van der Waals surface area (Å²) < 4.78 is 32.9. The van der Waals surface area contributed by atoms with Crippen LogP contribution in [0.4, 0.5) is 0 Å². The Morgan fingerprint density at radius 3 is 2.72 bits per heavy atom. The fourth-order valence-electron chi connectivity index (χ4n) is 3.11. The van der Waals surface area contributed by atoms with Gasteiger partial charge < -0.3 is 10.1 Å². The molecule has 1 aromatic carbocycles. The molecule has 1 aromatic rings. The fourth-order valence-corrected chi connectivity index (χ4v) is 4.98. The van der Waals surface area contributed by atoms with Crippen molar-refractivity contribution in [2.75, 3.05) is 20.2 Å². The van der Waals surface area contributed by atoms with Crippen molar-refractivity contribution < 1.29 is 17.9 Å². The van der Waals surface area contributed by atoms with Gasteiger partial charge in [-0.3, -0.25) is 4.79 Å². The van der Waals surface area contributed by atoms with Crippen molar-refractivity contribution in [3.63, 3.8) is 0 Å². The number of unbranched alkanes of at least 4 members (excludes halogenated alkanes) is 1. The Balaban J connectivity index is 2.19. The third-order valence-corrected chi connectivity index (χ3v) is 6.70. The molecular weight excluding hydrogens is 340 g/mol. The van der Waals surface area contributed by atoms with Crippen molar-refractivity contribution in [1.82, 2.24) is 9.62 Å². The van der Waals surface area contributed by atoms with Crippen LogP contribution in [0.1, 0.15) is 39.5 Å². The van der Waals surface area contributed by atoms with Crippen molar-refractivity contribution in [2.45, 2.75) is 50.5 Å². The Labute approximate surface area is 150 Å². The van der Waals surface area contributed by atoms with E-state index in [1.54, 1.807) is 24.3 Å². The minimum Gasteiger partial charge on any atom is -0.495 e. The Kier molecular flexibility index (Phi) is 6.84. The number of piperidine rings is 1. The van der Waals surface area contributed by atoms with Crippen LogP contribution in [0.25, 0.3) is 0 Å². The molecule has 1 fully saturated rings. The fraction of sp³-hybridized carbons (Fsp3) is 0.611. The van der Waals surface area contributed by atoms with Gasteiger partial charge in [-0.25, -0.2) is 8.42 Å². The summed E-state index contributed by atoms with van der Waals surface area (Å²) in [6, 6.07) is 6.46. The van der Waals surface area contributed by atoms with Gasteiger partial charge in [-0.15, -0.1) is 0 Å². The molecule has 1 aliphatic heterocycles. The molecule has 0 bridgehead atoms. The second-order valence-electron chi connectivity index (χ2n) is 6.49. The van der Waals surface area contributed by atoms with E-state index in [9.17, 15) is 13.2 Å². The summed E-state index contributed by atoms with van der Waals surface area (Å²) in [6.45, 7) is 4.80. The zero-order valence-electron chi connectivity index (χ0n) is 15.2. The topological polar surface area (TPSA) is 75.7 Å². The lowest BCUT2D eigenvalue weighted by molar-refractivity contribution is -0.126. The van der Waals surface area contributed by atoms with Gasteiger partial charge in [0.05, 0.1) is 13.0 Å². The molecule has 25 heavy (non-hydrogen) atoms. The number of methoxy groups -OCH3 is 1. The number of amides is 1. The number of rotatable bonds is 7. The lowest BCUT2D eigenvalue weighted by atomic mass is 9.94. The molecule has 0 spiro atoms. The minimum atomic E-state index is -3.72. The van der Waals surface area contributed by atoms with Crippen LogP contribution >= 0.6 is 0 Å². The third kappa shape index (κ3) is 4.52. The van der Waals surface area contributed by atoms with E-state index in [0.29, 0.717) is 25.1 Å². The highest BCUT2D eigenvalue weighted by molar-refractivity contribution is 7.89. The first kappa shape index (κ1) is 19.7. The molecule has 1 heterocycles. The molecule has 0 saturated carbocycles. The van der Waals surface area contributed by atoms with Crippen LogP contribution in [0.5, 0.6) is 5.75 Å². The smallest absolute Gasteiger partial charge is 0.247 e. The summed E-state index contributed by atoms with van der Waals surface area (Å²) in [4.78, 5) is 12.5. The molecule has 2 atom stereocenters. The lowest BCUT2D eigenvalue weighted by Crippen LogP contribution is -2.49. The SMILES string of the molecule is CCCCNC(=O)C1CCC(C)N(S(=O)(=O)c2ccccc2OC)C1. The van der Waals surface area contributed by atoms with E-state index in [-0.39, 0.29) is 29.3 Å². The predicted octanol–water partition coefficient (Wildman–Crippen LogP) is 2.40. The number of sulfonamides is 1. The number of carbonyl (C=O) groups excluding carboxylic acids is 1. The Hall–Kier alpha value is -1.60. The minimum absolute atomic E-state index is 0.0550. The molecule has 0 aromatic heterocycles. The van der Waals surface area contributed by atoms with Gasteiger partial charge in [-0.1, -0.05) is 25.5 Å². The highest BCUT2D eigenvalue weighted by Crippen LogP contribution is 2.32. The average molecular weight is 368 g/mol. The Bertz CT molecular complexity index is 690. The van der Waals surface area contributed by atoms with E-state index in [2.05, 4.69) is 12.2 Å². The van der Waals surface area contributed by atoms with Crippen LogP contribution in [0.15, 0.2) is 29.2 Å². The van der Waals surface area contributed by atoms with E-state index in [1.165, 1.54) is 11.4 Å². The largest absolute Gasteiger partial charge is 0.495 e. The summed E-state index contributed by atoms with van der Waals surface area (Å²) in [5.41, 5.74) is 0. The summed E-state index contributed by atoms with van der Waals surface area (Å²) in [6.07, 6.45) is 3.31. The van der Waals surface area contributed by atoms with Crippen LogP contribution in [0.3, 0.4) is 0 Å². The van der Waals surface area contributed by atoms with Gasteiger partial charge in [0.15, 0.2) is 0 Å². The monoisotopic (exact) mass is 368 g/mol. The maximum absolute atomic E-state index is 13.1. The Morgan fingerprint density at radius 2 is 2.04 bits per heavy atom. The van der Waals surface area contributed by atoms with E-state index in [4.69, 9.17) is 4.74 Å². The standard InChI is InChI=1S/C18H28N2O4S/c1-4-5-12-19-18(21)15-11-10-14(2)20(13-15)25(22,23)17-9-7-6-8-16(17)24-3/h6-9,14-15H,4-5,10-13H2,1-3H3,(H,19,21). The number of hydrogen-bond acceptors (Lipinski definition) is 4. The number of ether oxygens (including phenoxy) is 1. The predicted molar refractivity (Wildman–Crippen MR) is 97.0 cm³/mol. The number of carbonyl (C=O) groups is 1. The molecular formula is C18H28N2O4S. The van der Waals surface area contributed by atoms with Crippen LogP contribution in [0, 0.1) is 5.92 Å². The van der Waals surface area contributed by atoms with Crippen LogP contribution < -0.4 is 10.1 Å². The molecule has 7 heteroatoms. The van der Waals surface area contributed by atoms with Gasteiger partial charge in [0.25, 0.3) is 0 Å². The number of nitrogens with zero attached hydrogens (tertiary/aromatic N) is 1. The van der Waals surface area contributed by atoms with Crippen molar-refractivity contribution in [3.05, 3.63) is 24.3 Å². The van der Waals surface area contributed by atoms with Gasteiger partial charge in [0.2, 0.25) is 15.9 Å². The van der Waals surface area contributed by atoms with E-state index < -0.39 is 10.0 Å². The number of para-hydroxylation sites is 1. The molecule has 1 saturated heterocycles. The van der Waals surface area contributed by atoms with Crippen LogP contribution in [0.2, 0.25) is 0 Å². The van der Waals surface area contributed by atoms with E-state index >= 15 is 0 Å². The lowest BCUT2D eigenvalue weighted by Gasteiger charge is -2.36. The van der Waals surface area contributed by atoms with E-state index in [0.717, 1.165) is 12.8 Å². The molecule has 2 unspecified atom stereocenters. The first-order chi connectivity index (χ1) is 11.9. The van der Waals surface area contributed by atoms with Crippen molar-refractivity contribution >= 4 is 15.9 Å². The first-order valence-electron chi connectivity index (χ1n) is 8.84. The van der Waals surface area contributed by atoms with Gasteiger partial charge in [-0.05, 0) is 38.3 Å². The summed E-state index contributed by atoms with van der Waals surface area (Å²) >= 11 is 0. The average Bonchev–Trinajstić information content (AvgIpc) is 2.62. The molecule has 1 N–H and O–H groups in total. The second-order valence-corrected chi connectivity index (χ2v) is 8.35. The highest BCUT2D eigenvalue weighted by atomic mass is 32.2. The number of benzene rings is 1. The molecule has 6 nitrogen and oxygen atoms in total. The van der Waals surface area contributed by atoms with Crippen molar-refractivity contribution in [1.29, 1.82) is 0 Å². The molecule has 0 aliphatic carbocycles. The van der Waals surface area contributed by atoms with Gasteiger partial charge >= 0.3 is 0 Å². The van der Waals surface area contributed by atoms with Crippen LogP contribution in [-0.4, -0.2) is 44.9 Å². The normalized spacial score (nSPS) is 21.7. The molecule has 140 valence electrons. The zero-order valence-corrected chi connectivity index (χ0v) is 16.0. The molecule has 2 rings (SSSR count). The van der Waals surface area contributed by atoms with Crippen molar-refractivity contribution in [2.24, 2.45) is 5.92 Å². The highest BCUT2D eigenvalue weighted by Gasteiger charge is 2.38. The third-order valence-electron chi connectivity index (χ3n) is 4.68. The first-order valence-corrected chi connectivity index (χ1v) is 10.3.